The van der Waals surface area contributed by atoms with Crippen molar-refractivity contribution in [3.63, 3.8) is 0 Å². The van der Waals surface area contributed by atoms with Crippen LogP contribution in [0.25, 0.3) is 0 Å². The zero-order valence-electron chi connectivity index (χ0n) is 13.0. The Bertz CT molecular complexity index is 540. The van der Waals surface area contributed by atoms with Gasteiger partial charge in [0, 0.05) is 37.3 Å². The molecule has 0 spiro atoms. The number of likely N-dealkylation sites (N-methyl/N-ethyl adjacent to an activating group) is 1. The van der Waals surface area contributed by atoms with Crippen molar-refractivity contribution in [1.82, 2.24) is 14.8 Å². The fourth-order valence-corrected chi connectivity index (χ4v) is 3.74. The first-order chi connectivity index (χ1) is 10.8. The predicted molar refractivity (Wildman–Crippen MR) is 90.0 cm³/mol. The zero-order valence-corrected chi connectivity index (χ0v) is 13.8. The third-order valence-corrected chi connectivity index (χ3v) is 4.97. The van der Waals surface area contributed by atoms with Crippen molar-refractivity contribution in [1.29, 1.82) is 0 Å². The topological polar surface area (TPSA) is 28.6 Å². The Morgan fingerprint density at radius 1 is 1.27 bits per heavy atom. The van der Waals surface area contributed by atoms with Crippen LogP contribution in [0.3, 0.4) is 0 Å². The number of thiophene rings is 1. The largest absolute Gasteiger partial charge is 0.379 e. The van der Waals surface area contributed by atoms with Gasteiger partial charge in [-0.05, 0) is 30.6 Å². The number of hydrogen-bond donors (Lipinski definition) is 0. The molecular weight excluding hydrogens is 294 g/mol. The van der Waals surface area contributed by atoms with Crippen LogP contribution in [0, 0.1) is 0 Å². The van der Waals surface area contributed by atoms with Crippen molar-refractivity contribution in [2.24, 2.45) is 0 Å². The first-order valence-electron chi connectivity index (χ1n) is 7.76. The van der Waals surface area contributed by atoms with E-state index < -0.39 is 0 Å². The van der Waals surface area contributed by atoms with Crippen LogP contribution in [0.15, 0.2) is 41.9 Å². The predicted octanol–water partition coefficient (Wildman–Crippen LogP) is 2.65. The Hall–Kier alpha value is -1.27. The highest BCUT2D eigenvalue weighted by Gasteiger charge is 2.24. The zero-order chi connectivity index (χ0) is 15.2. The molecule has 5 heteroatoms. The second kappa shape index (κ2) is 7.83. The SMILES string of the molecule is CN(Cc1ccccn1)C[C@@H](c1cccs1)N1CCOCC1. The average Bonchev–Trinajstić information content (AvgIpc) is 3.08. The minimum Gasteiger partial charge on any atom is -0.379 e. The maximum atomic E-state index is 5.51. The summed E-state index contributed by atoms with van der Waals surface area (Å²) in [7, 11) is 2.18. The molecule has 0 unspecified atom stereocenters. The van der Waals surface area contributed by atoms with Gasteiger partial charge in [-0.1, -0.05) is 12.1 Å². The molecule has 0 N–H and O–H groups in total. The molecule has 4 nitrogen and oxygen atoms in total. The van der Waals surface area contributed by atoms with E-state index in [-0.39, 0.29) is 0 Å². The van der Waals surface area contributed by atoms with Crippen LogP contribution in [0.5, 0.6) is 0 Å². The number of nitrogens with zero attached hydrogens (tertiary/aromatic N) is 3. The molecule has 0 radical (unpaired) electrons. The second-order valence-electron chi connectivity index (χ2n) is 5.70. The summed E-state index contributed by atoms with van der Waals surface area (Å²) in [5.74, 6) is 0. The lowest BCUT2D eigenvalue weighted by Gasteiger charge is -2.36. The van der Waals surface area contributed by atoms with Crippen LogP contribution >= 0.6 is 11.3 Å². The van der Waals surface area contributed by atoms with Gasteiger partial charge in [0.2, 0.25) is 0 Å². The fraction of sp³-hybridized carbons (Fsp3) is 0.471. The van der Waals surface area contributed by atoms with Crippen LogP contribution in [0.1, 0.15) is 16.6 Å². The molecule has 3 heterocycles. The van der Waals surface area contributed by atoms with E-state index in [1.54, 1.807) is 0 Å². The van der Waals surface area contributed by atoms with E-state index in [1.807, 2.05) is 23.6 Å². The molecule has 22 heavy (non-hydrogen) atoms. The summed E-state index contributed by atoms with van der Waals surface area (Å²) in [6, 6.07) is 10.9. The standard InChI is InChI=1S/C17H23N3OS/c1-19(13-15-5-2-3-7-18-15)14-16(17-6-4-12-22-17)20-8-10-21-11-9-20/h2-7,12,16H,8-11,13-14H2,1H3/t16-/m0/s1. The van der Waals surface area contributed by atoms with E-state index in [0.29, 0.717) is 6.04 Å². The molecule has 0 bridgehead atoms. The molecule has 0 amide bonds. The van der Waals surface area contributed by atoms with Crippen molar-refractivity contribution in [2.75, 3.05) is 39.9 Å². The van der Waals surface area contributed by atoms with Crippen molar-refractivity contribution in [3.05, 3.63) is 52.5 Å². The summed E-state index contributed by atoms with van der Waals surface area (Å²) in [5, 5.41) is 2.17. The first kappa shape index (κ1) is 15.6. The first-order valence-corrected chi connectivity index (χ1v) is 8.64. The Labute approximate surface area is 136 Å². The Morgan fingerprint density at radius 2 is 2.14 bits per heavy atom. The summed E-state index contributed by atoms with van der Waals surface area (Å²) >= 11 is 1.85. The highest BCUT2D eigenvalue weighted by atomic mass is 32.1. The van der Waals surface area contributed by atoms with Crippen LogP contribution in [0.4, 0.5) is 0 Å². The number of aromatic nitrogens is 1. The molecule has 1 fully saturated rings. The quantitative estimate of drug-likeness (QED) is 0.819. The van der Waals surface area contributed by atoms with Gasteiger partial charge in [-0.3, -0.25) is 14.8 Å². The molecule has 118 valence electrons. The third kappa shape index (κ3) is 4.14. The highest BCUT2D eigenvalue weighted by molar-refractivity contribution is 7.10. The molecule has 1 aliphatic rings. The number of hydrogen-bond acceptors (Lipinski definition) is 5. The maximum Gasteiger partial charge on any atom is 0.0594 e. The van der Waals surface area contributed by atoms with Crippen LogP contribution < -0.4 is 0 Å². The Morgan fingerprint density at radius 3 is 2.82 bits per heavy atom. The summed E-state index contributed by atoms with van der Waals surface area (Å²) in [4.78, 5) is 10.8. The number of morpholine rings is 1. The van der Waals surface area contributed by atoms with E-state index >= 15 is 0 Å². The lowest BCUT2D eigenvalue weighted by Crippen LogP contribution is -2.42. The summed E-state index contributed by atoms with van der Waals surface area (Å²) in [5.41, 5.74) is 1.12. The van der Waals surface area contributed by atoms with Gasteiger partial charge in [-0.15, -0.1) is 11.3 Å². The Kier molecular flexibility index (Phi) is 5.56. The average molecular weight is 317 g/mol. The summed E-state index contributed by atoms with van der Waals surface area (Å²) < 4.78 is 5.51. The molecule has 0 aliphatic carbocycles. The van der Waals surface area contributed by atoms with Gasteiger partial charge in [0.25, 0.3) is 0 Å². The van der Waals surface area contributed by atoms with Gasteiger partial charge >= 0.3 is 0 Å². The lowest BCUT2D eigenvalue weighted by atomic mass is 10.1. The van der Waals surface area contributed by atoms with Gasteiger partial charge in [0.15, 0.2) is 0 Å². The lowest BCUT2D eigenvalue weighted by molar-refractivity contribution is 0.00957. The minimum atomic E-state index is 0.442. The van der Waals surface area contributed by atoms with Gasteiger partial charge < -0.3 is 4.74 Å². The van der Waals surface area contributed by atoms with E-state index in [2.05, 4.69) is 51.5 Å². The van der Waals surface area contributed by atoms with Crippen molar-refractivity contribution in [3.8, 4) is 0 Å². The van der Waals surface area contributed by atoms with Gasteiger partial charge in [-0.2, -0.15) is 0 Å². The van der Waals surface area contributed by atoms with Crippen molar-refractivity contribution < 1.29 is 4.74 Å². The molecular formula is C17H23N3OS. The van der Waals surface area contributed by atoms with E-state index in [9.17, 15) is 0 Å². The summed E-state index contributed by atoms with van der Waals surface area (Å²) in [6.45, 7) is 5.60. The van der Waals surface area contributed by atoms with E-state index in [1.165, 1.54) is 4.88 Å². The fourth-order valence-electron chi connectivity index (χ4n) is 2.88. The van der Waals surface area contributed by atoms with E-state index in [0.717, 1.165) is 45.1 Å². The molecule has 1 atom stereocenters. The number of rotatable bonds is 6. The normalized spacial score (nSPS) is 17.7. The molecule has 0 saturated carbocycles. The minimum absolute atomic E-state index is 0.442. The van der Waals surface area contributed by atoms with Crippen molar-refractivity contribution in [2.45, 2.75) is 12.6 Å². The second-order valence-corrected chi connectivity index (χ2v) is 6.68. The molecule has 1 saturated heterocycles. The monoisotopic (exact) mass is 317 g/mol. The van der Waals surface area contributed by atoms with Crippen LogP contribution in [-0.2, 0) is 11.3 Å². The number of ether oxygens (including phenoxy) is 1. The molecule has 2 aromatic heterocycles. The van der Waals surface area contributed by atoms with Crippen LogP contribution in [-0.4, -0.2) is 54.7 Å². The smallest absolute Gasteiger partial charge is 0.0594 e. The Balaban J connectivity index is 1.66. The molecule has 3 rings (SSSR count). The summed E-state index contributed by atoms with van der Waals surface area (Å²) in [6.07, 6.45) is 1.86. The maximum absolute atomic E-state index is 5.51. The van der Waals surface area contributed by atoms with Crippen LogP contribution in [0.2, 0.25) is 0 Å². The molecule has 0 aromatic carbocycles. The van der Waals surface area contributed by atoms with Gasteiger partial charge in [0.1, 0.15) is 0 Å². The number of pyridine rings is 1. The van der Waals surface area contributed by atoms with Crippen molar-refractivity contribution >= 4 is 11.3 Å². The van der Waals surface area contributed by atoms with Gasteiger partial charge in [-0.25, -0.2) is 0 Å². The molecule has 1 aliphatic heterocycles. The molecule has 2 aromatic rings. The highest BCUT2D eigenvalue weighted by Crippen LogP contribution is 2.27. The van der Waals surface area contributed by atoms with Gasteiger partial charge in [0.05, 0.1) is 24.9 Å². The third-order valence-electron chi connectivity index (χ3n) is 4.00. The van der Waals surface area contributed by atoms with E-state index in [4.69, 9.17) is 4.74 Å².